The monoisotopic (exact) mass is 432 g/mol. The molecule has 0 aliphatic rings. The van der Waals surface area contributed by atoms with Crippen molar-refractivity contribution in [2.24, 2.45) is 5.10 Å². The van der Waals surface area contributed by atoms with Gasteiger partial charge in [0.15, 0.2) is 0 Å². The summed E-state index contributed by atoms with van der Waals surface area (Å²) in [7, 11) is 1.16. The summed E-state index contributed by atoms with van der Waals surface area (Å²) in [6.07, 6.45) is -4.82. The Hall–Kier alpha value is -3.29. The van der Waals surface area contributed by atoms with E-state index >= 15 is 0 Å². The fourth-order valence-electron chi connectivity index (χ4n) is 2.05. The van der Waals surface area contributed by atoms with E-state index < -0.39 is 35.5 Å². The number of hydrogen-bond acceptors (Lipinski definition) is 8. The van der Waals surface area contributed by atoms with Gasteiger partial charge in [-0.2, -0.15) is 27.1 Å². The van der Waals surface area contributed by atoms with Crippen molar-refractivity contribution in [2.75, 3.05) is 7.05 Å². The van der Waals surface area contributed by atoms with Crippen molar-refractivity contribution >= 4 is 23.5 Å². The molecule has 0 spiro atoms. The van der Waals surface area contributed by atoms with Crippen molar-refractivity contribution in [3.05, 3.63) is 45.9 Å². The number of hydrazone groups is 1. The van der Waals surface area contributed by atoms with Crippen LogP contribution in [0.15, 0.2) is 33.4 Å². The number of rotatable bonds is 5. The summed E-state index contributed by atoms with van der Waals surface area (Å²) < 4.78 is 68.8. The Morgan fingerprint density at radius 2 is 2.10 bits per heavy atom. The minimum atomic E-state index is -4.73. The van der Waals surface area contributed by atoms with Gasteiger partial charge in [0.25, 0.3) is 17.7 Å². The van der Waals surface area contributed by atoms with Crippen LogP contribution in [0, 0.1) is 0 Å². The molecular weight excluding hydrogens is 423 g/mol. The second-order valence-electron chi connectivity index (χ2n) is 5.31. The van der Waals surface area contributed by atoms with Gasteiger partial charge >= 0.3 is 12.6 Å². The second kappa shape index (κ2) is 7.98. The molecule has 14 heteroatoms. The molecule has 152 valence electrons. The molecule has 3 rings (SSSR count). The molecule has 29 heavy (non-hydrogen) atoms. The van der Waals surface area contributed by atoms with Crippen LogP contribution in [0.2, 0.25) is 0 Å². The Balaban J connectivity index is 1.75. The number of halogens is 5. The molecule has 3 heterocycles. The molecule has 0 fully saturated rings. The molecule has 0 aliphatic heterocycles. The van der Waals surface area contributed by atoms with Gasteiger partial charge in [-0.1, -0.05) is 0 Å². The number of thiazole rings is 1. The zero-order valence-electron chi connectivity index (χ0n) is 14.3. The predicted molar refractivity (Wildman–Crippen MR) is 89.3 cm³/mol. The third-order valence-electron chi connectivity index (χ3n) is 3.36. The molecule has 0 N–H and O–H groups in total. The summed E-state index contributed by atoms with van der Waals surface area (Å²) in [6, 6.07) is 0.690. The quantitative estimate of drug-likeness (QED) is 0.347. The van der Waals surface area contributed by atoms with Crippen LogP contribution in [-0.4, -0.2) is 44.3 Å². The molecule has 0 radical (unpaired) electrons. The predicted octanol–water partition coefficient (Wildman–Crippen LogP) is 3.65. The molecule has 0 saturated heterocycles. The first-order chi connectivity index (χ1) is 13.7. The van der Waals surface area contributed by atoms with Gasteiger partial charge in [0.2, 0.25) is 0 Å². The highest BCUT2D eigenvalue weighted by Crippen LogP contribution is 2.32. The average Bonchev–Trinajstić information content (AvgIpc) is 3.34. The van der Waals surface area contributed by atoms with Crippen molar-refractivity contribution < 1.29 is 31.2 Å². The van der Waals surface area contributed by atoms with Crippen LogP contribution < -0.4 is 0 Å². The van der Waals surface area contributed by atoms with E-state index in [1.807, 2.05) is 0 Å². The van der Waals surface area contributed by atoms with Crippen LogP contribution >= 0.6 is 11.3 Å². The smallest absolute Gasteiger partial charge is 0.414 e. The van der Waals surface area contributed by atoms with Crippen LogP contribution in [0.25, 0.3) is 11.6 Å². The number of hydrogen-bond donors (Lipinski definition) is 0. The molecule has 3 aromatic rings. The zero-order valence-corrected chi connectivity index (χ0v) is 15.1. The lowest BCUT2D eigenvalue weighted by Gasteiger charge is -2.15. The van der Waals surface area contributed by atoms with Gasteiger partial charge in [0.05, 0.1) is 17.3 Å². The topological polar surface area (TPSA) is 97.4 Å². The van der Waals surface area contributed by atoms with Gasteiger partial charge < -0.3 is 4.42 Å². The largest absolute Gasteiger partial charge is 0.417 e. The number of alkyl halides is 5. The number of carbonyl (C=O) groups excluding carboxylic acids is 1. The molecule has 0 atom stereocenters. The van der Waals surface area contributed by atoms with Crippen LogP contribution in [0.5, 0.6) is 0 Å². The Bertz CT molecular complexity index is 1050. The maximum absolute atomic E-state index is 13.0. The number of amides is 1. The normalized spacial score (nSPS) is 12.1. The summed E-state index contributed by atoms with van der Waals surface area (Å²) in [4.78, 5) is 19.8. The molecule has 1 amide bonds. The molecular formula is C15H9F5N6O2S. The van der Waals surface area contributed by atoms with E-state index in [4.69, 9.17) is 4.42 Å². The van der Waals surface area contributed by atoms with Gasteiger partial charge in [0.1, 0.15) is 10.7 Å². The fraction of sp³-hybridized carbons (Fsp3) is 0.200. The van der Waals surface area contributed by atoms with Crippen molar-refractivity contribution in [1.29, 1.82) is 0 Å². The Morgan fingerprint density at radius 1 is 1.34 bits per heavy atom. The first kappa shape index (κ1) is 20.4. The van der Waals surface area contributed by atoms with Crippen molar-refractivity contribution in [3.8, 4) is 11.6 Å². The van der Waals surface area contributed by atoms with Crippen molar-refractivity contribution in [2.45, 2.75) is 12.6 Å². The highest BCUT2D eigenvalue weighted by Gasteiger charge is 2.36. The first-order valence-electron chi connectivity index (χ1n) is 7.57. The standard InChI is InChI=1S/C15H9F5N6O2S/c1-26(14(27)7-4-21-3-2-8(7)15(18,19)20)22-5-10-23-9(6-29-10)12-24-25-13(28-12)11(16)17/h2-6,11H,1H3/b22-5+. The maximum Gasteiger partial charge on any atom is 0.417 e. The lowest BCUT2D eigenvalue weighted by atomic mass is 10.1. The number of carbonyl (C=O) groups is 1. The van der Waals surface area contributed by atoms with E-state index in [-0.39, 0.29) is 16.6 Å². The van der Waals surface area contributed by atoms with Crippen molar-refractivity contribution in [3.63, 3.8) is 0 Å². The average molecular weight is 432 g/mol. The SMILES string of the molecule is CN(/N=C/c1nc(-c2nnc(C(F)F)o2)cs1)C(=O)c1cnccc1C(F)(F)F. The van der Waals surface area contributed by atoms with Gasteiger partial charge in [-0.25, -0.2) is 9.99 Å². The summed E-state index contributed by atoms with van der Waals surface area (Å²) in [6.45, 7) is 0. The fourth-order valence-corrected chi connectivity index (χ4v) is 2.69. The van der Waals surface area contributed by atoms with E-state index in [0.29, 0.717) is 11.1 Å². The second-order valence-corrected chi connectivity index (χ2v) is 6.20. The highest BCUT2D eigenvalue weighted by atomic mass is 32.1. The zero-order chi connectivity index (χ0) is 21.2. The minimum absolute atomic E-state index is 0.108. The summed E-state index contributed by atoms with van der Waals surface area (Å²) >= 11 is 1.01. The van der Waals surface area contributed by atoms with E-state index in [2.05, 4.69) is 25.3 Å². The lowest BCUT2D eigenvalue weighted by molar-refractivity contribution is -0.138. The first-order valence-corrected chi connectivity index (χ1v) is 8.45. The third-order valence-corrected chi connectivity index (χ3v) is 4.14. The van der Waals surface area contributed by atoms with Gasteiger partial charge in [-0.05, 0) is 6.07 Å². The third kappa shape index (κ3) is 4.59. The van der Waals surface area contributed by atoms with Crippen LogP contribution in [0.1, 0.15) is 33.2 Å². The molecule has 0 aromatic carbocycles. The van der Waals surface area contributed by atoms with E-state index in [9.17, 15) is 26.7 Å². The Labute approximate surface area is 162 Å². The molecule has 3 aromatic heterocycles. The van der Waals surface area contributed by atoms with Gasteiger partial charge in [-0.3, -0.25) is 9.78 Å². The van der Waals surface area contributed by atoms with Gasteiger partial charge in [-0.15, -0.1) is 21.5 Å². The summed E-state index contributed by atoms with van der Waals surface area (Å²) in [5, 5.41) is 12.7. The van der Waals surface area contributed by atoms with Crippen LogP contribution in [0.4, 0.5) is 22.0 Å². The molecule has 0 unspecified atom stereocenters. The van der Waals surface area contributed by atoms with Crippen LogP contribution in [-0.2, 0) is 6.18 Å². The summed E-state index contributed by atoms with van der Waals surface area (Å²) in [5.74, 6) is -2.12. The molecule has 8 nitrogen and oxygen atoms in total. The number of nitrogens with zero attached hydrogens (tertiary/aromatic N) is 6. The Morgan fingerprint density at radius 3 is 2.76 bits per heavy atom. The van der Waals surface area contributed by atoms with Gasteiger partial charge in [0, 0.05) is 24.8 Å². The van der Waals surface area contributed by atoms with E-state index in [0.717, 1.165) is 37.0 Å². The van der Waals surface area contributed by atoms with E-state index in [1.54, 1.807) is 0 Å². The molecule has 0 aliphatic carbocycles. The van der Waals surface area contributed by atoms with E-state index in [1.165, 1.54) is 5.38 Å². The molecule has 0 bridgehead atoms. The maximum atomic E-state index is 13.0. The Kier molecular flexibility index (Phi) is 5.63. The highest BCUT2D eigenvalue weighted by molar-refractivity contribution is 7.11. The minimum Gasteiger partial charge on any atom is -0.414 e. The number of aromatic nitrogens is 4. The lowest BCUT2D eigenvalue weighted by Crippen LogP contribution is -2.25. The van der Waals surface area contributed by atoms with Crippen LogP contribution in [0.3, 0.4) is 0 Å². The summed E-state index contributed by atoms with van der Waals surface area (Å²) in [5.41, 5.74) is -1.69. The number of pyridine rings is 1. The molecule has 0 saturated carbocycles. The van der Waals surface area contributed by atoms with Crippen molar-refractivity contribution in [1.82, 2.24) is 25.2 Å².